The van der Waals surface area contributed by atoms with Gasteiger partial charge in [0.25, 0.3) is 0 Å². The van der Waals surface area contributed by atoms with E-state index in [2.05, 4.69) is 49.8 Å². The second-order valence-electron chi connectivity index (χ2n) is 5.47. The van der Waals surface area contributed by atoms with E-state index < -0.39 is 0 Å². The lowest BCUT2D eigenvalue weighted by molar-refractivity contribution is 0.793. The molecule has 0 radical (unpaired) electrons. The summed E-state index contributed by atoms with van der Waals surface area (Å²) in [6.07, 6.45) is 5.76. The van der Waals surface area contributed by atoms with E-state index in [0.29, 0.717) is 5.92 Å². The van der Waals surface area contributed by atoms with E-state index in [1.165, 1.54) is 28.1 Å². The van der Waals surface area contributed by atoms with E-state index in [9.17, 15) is 0 Å². The van der Waals surface area contributed by atoms with Crippen molar-refractivity contribution < 1.29 is 0 Å². The van der Waals surface area contributed by atoms with E-state index in [-0.39, 0.29) is 0 Å². The number of rotatable bonds is 4. The Morgan fingerprint density at radius 3 is 2.47 bits per heavy atom. The summed E-state index contributed by atoms with van der Waals surface area (Å²) < 4.78 is 0. The van der Waals surface area contributed by atoms with Gasteiger partial charge in [0, 0.05) is 23.8 Å². The van der Waals surface area contributed by atoms with Crippen molar-refractivity contribution in [2.45, 2.75) is 46.5 Å². The fraction of sp³-hybridized carbons (Fsp3) is 0.412. The normalized spacial score (nSPS) is 11.0. The molecule has 2 aromatic rings. The molecular formula is C17H22N2. The van der Waals surface area contributed by atoms with E-state index in [1.807, 2.05) is 18.5 Å². The average molecular weight is 254 g/mol. The first-order valence-electron chi connectivity index (χ1n) is 6.94. The van der Waals surface area contributed by atoms with Gasteiger partial charge >= 0.3 is 0 Å². The second-order valence-corrected chi connectivity index (χ2v) is 5.47. The van der Waals surface area contributed by atoms with Gasteiger partial charge in [-0.05, 0) is 55.4 Å². The molecule has 2 heterocycles. The summed E-state index contributed by atoms with van der Waals surface area (Å²) in [6.45, 7) is 8.66. The summed E-state index contributed by atoms with van der Waals surface area (Å²) in [6, 6.07) is 6.40. The van der Waals surface area contributed by atoms with Crippen molar-refractivity contribution in [3.05, 3.63) is 58.7 Å². The van der Waals surface area contributed by atoms with Crippen molar-refractivity contribution >= 4 is 0 Å². The first-order valence-corrected chi connectivity index (χ1v) is 6.94. The standard InChI is InChI=1S/C17H22N2/c1-12(2)15-6-5-9-18-17(15)8-7-16-14(4)10-13(3)11-19-16/h5-6,9-12H,7-8H2,1-4H3. The minimum absolute atomic E-state index is 0.524. The summed E-state index contributed by atoms with van der Waals surface area (Å²) >= 11 is 0. The van der Waals surface area contributed by atoms with Crippen LogP contribution in [-0.2, 0) is 12.8 Å². The largest absolute Gasteiger partial charge is 0.261 e. The highest BCUT2D eigenvalue weighted by molar-refractivity contribution is 5.27. The van der Waals surface area contributed by atoms with Crippen LogP contribution >= 0.6 is 0 Å². The molecule has 2 heteroatoms. The number of pyridine rings is 2. The monoisotopic (exact) mass is 254 g/mol. The summed E-state index contributed by atoms with van der Waals surface area (Å²) in [5, 5.41) is 0. The van der Waals surface area contributed by atoms with Crippen molar-refractivity contribution in [2.75, 3.05) is 0 Å². The van der Waals surface area contributed by atoms with Gasteiger partial charge in [-0.25, -0.2) is 0 Å². The van der Waals surface area contributed by atoms with Gasteiger partial charge in [-0.1, -0.05) is 26.0 Å². The van der Waals surface area contributed by atoms with Crippen LogP contribution in [0.15, 0.2) is 30.6 Å². The molecule has 0 N–H and O–H groups in total. The van der Waals surface area contributed by atoms with Crippen molar-refractivity contribution in [1.29, 1.82) is 0 Å². The smallest absolute Gasteiger partial charge is 0.0442 e. The van der Waals surface area contributed by atoms with E-state index >= 15 is 0 Å². The molecule has 0 atom stereocenters. The van der Waals surface area contributed by atoms with Crippen LogP contribution in [0, 0.1) is 13.8 Å². The van der Waals surface area contributed by atoms with E-state index in [1.54, 1.807) is 0 Å². The molecule has 0 saturated carbocycles. The number of hydrogen-bond acceptors (Lipinski definition) is 2. The second kappa shape index (κ2) is 5.96. The lowest BCUT2D eigenvalue weighted by Crippen LogP contribution is -2.03. The van der Waals surface area contributed by atoms with Crippen LogP contribution in [-0.4, -0.2) is 9.97 Å². The van der Waals surface area contributed by atoms with Crippen molar-refractivity contribution in [2.24, 2.45) is 0 Å². The molecule has 2 rings (SSSR count). The van der Waals surface area contributed by atoms with Crippen LogP contribution in [0.2, 0.25) is 0 Å². The Balaban J connectivity index is 2.14. The lowest BCUT2D eigenvalue weighted by atomic mass is 9.98. The van der Waals surface area contributed by atoms with Crippen LogP contribution < -0.4 is 0 Å². The van der Waals surface area contributed by atoms with Crippen LogP contribution in [0.5, 0.6) is 0 Å². The Morgan fingerprint density at radius 1 is 1.05 bits per heavy atom. The Morgan fingerprint density at radius 2 is 1.79 bits per heavy atom. The maximum Gasteiger partial charge on any atom is 0.0442 e. The number of nitrogens with zero attached hydrogens (tertiary/aromatic N) is 2. The maximum absolute atomic E-state index is 4.54. The van der Waals surface area contributed by atoms with Gasteiger partial charge in [0.15, 0.2) is 0 Å². The SMILES string of the molecule is Cc1cnc(CCc2ncccc2C(C)C)c(C)c1. The Hall–Kier alpha value is -1.70. The quantitative estimate of drug-likeness (QED) is 0.824. The fourth-order valence-electron chi connectivity index (χ4n) is 2.43. The van der Waals surface area contributed by atoms with E-state index in [0.717, 1.165) is 12.8 Å². The highest BCUT2D eigenvalue weighted by atomic mass is 14.7. The van der Waals surface area contributed by atoms with Crippen molar-refractivity contribution in [1.82, 2.24) is 9.97 Å². The number of aryl methyl sites for hydroxylation is 4. The molecule has 0 spiro atoms. The highest BCUT2D eigenvalue weighted by Crippen LogP contribution is 2.19. The summed E-state index contributed by atoms with van der Waals surface area (Å²) in [5.74, 6) is 0.524. The highest BCUT2D eigenvalue weighted by Gasteiger charge is 2.08. The van der Waals surface area contributed by atoms with Crippen LogP contribution in [0.3, 0.4) is 0 Å². The minimum Gasteiger partial charge on any atom is -0.261 e. The minimum atomic E-state index is 0.524. The van der Waals surface area contributed by atoms with Gasteiger partial charge < -0.3 is 0 Å². The predicted molar refractivity (Wildman–Crippen MR) is 79.4 cm³/mol. The zero-order valence-corrected chi connectivity index (χ0v) is 12.3. The predicted octanol–water partition coefficient (Wildman–Crippen LogP) is 4.00. The Kier molecular flexibility index (Phi) is 4.31. The summed E-state index contributed by atoms with van der Waals surface area (Å²) in [7, 11) is 0. The van der Waals surface area contributed by atoms with E-state index in [4.69, 9.17) is 0 Å². The third kappa shape index (κ3) is 3.40. The summed E-state index contributed by atoms with van der Waals surface area (Å²) in [4.78, 5) is 9.07. The molecule has 0 unspecified atom stereocenters. The molecule has 0 fully saturated rings. The molecule has 0 aliphatic heterocycles. The zero-order chi connectivity index (χ0) is 13.8. The first-order chi connectivity index (χ1) is 9.08. The summed E-state index contributed by atoms with van der Waals surface area (Å²) in [5.41, 5.74) is 6.25. The number of aromatic nitrogens is 2. The molecule has 0 bridgehead atoms. The topological polar surface area (TPSA) is 25.8 Å². The molecule has 0 saturated heterocycles. The van der Waals surface area contributed by atoms with Gasteiger partial charge in [-0.15, -0.1) is 0 Å². The van der Waals surface area contributed by atoms with Gasteiger partial charge in [0.2, 0.25) is 0 Å². The molecular weight excluding hydrogens is 232 g/mol. The van der Waals surface area contributed by atoms with Gasteiger partial charge in [-0.2, -0.15) is 0 Å². The molecule has 0 aliphatic rings. The fourth-order valence-corrected chi connectivity index (χ4v) is 2.43. The average Bonchev–Trinajstić information content (AvgIpc) is 2.38. The van der Waals surface area contributed by atoms with Gasteiger partial charge in [-0.3, -0.25) is 9.97 Å². The molecule has 2 aromatic heterocycles. The molecule has 100 valence electrons. The van der Waals surface area contributed by atoms with Crippen LogP contribution in [0.25, 0.3) is 0 Å². The lowest BCUT2D eigenvalue weighted by Gasteiger charge is -2.12. The molecule has 0 aliphatic carbocycles. The molecule has 19 heavy (non-hydrogen) atoms. The molecule has 0 amide bonds. The van der Waals surface area contributed by atoms with Gasteiger partial charge in [0.1, 0.15) is 0 Å². The Labute approximate surface area is 115 Å². The van der Waals surface area contributed by atoms with Crippen molar-refractivity contribution in [3.63, 3.8) is 0 Å². The number of hydrogen-bond donors (Lipinski definition) is 0. The third-order valence-electron chi connectivity index (χ3n) is 3.47. The molecule has 0 aromatic carbocycles. The van der Waals surface area contributed by atoms with Crippen LogP contribution in [0.4, 0.5) is 0 Å². The maximum atomic E-state index is 4.54. The van der Waals surface area contributed by atoms with Crippen molar-refractivity contribution in [3.8, 4) is 0 Å². The van der Waals surface area contributed by atoms with Gasteiger partial charge in [0.05, 0.1) is 0 Å². The zero-order valence-electron chi connectivity index (χ0n) is 12.3. The Bertz CT molecular complexity index is 559. The third-order valence-corrected chi connectivity index (χ3v) is 3.47. The van der Waals surface area contributed by atoms with Crippen LogP contribution in [0.1, 0.15) is 47.8 Å². The molecule has 2 nitrogen and oxygen atoms in total. The first kappa shape index (κ1) is 13.7.